The summed E-state index contributed by atoms with van der Waals surface area (Å²) in [4.78, 5) is 12.4. The molecule has 1 aliphatic rings. The second-order valence-electron chi connectivity index (χ2n) is 7.60. The maximum Gasteiger partial charge on any atom is 0.399 e. The molecule has 31 heavy (non-hydrogen) atoms. The van der Waals surface area contributed by atoms with Gasteiger partial charge in [-0.25, -0.2) is 0 Å². The van der Waals surface area contributed by atoms with Crippen LogP contribution in [-0.2, 0) is 4.74 Å². The maximum atomic E-state index is 13.6. The van der Waals surface area contributed by atoms with Crippen molar-refractivity contribution in [2.45, 2.75) is 25.4 Å². The van der Waals surface area contributed by atoms with Gasteiger partial charge in [0.1, 0.15) is 0 Å². The number of aryl methyl sites for hydroxylation is 1. The lowest BCUT2D eigenvalue weighted by molar-refractivity contribution is -0.139. The minimum absolute atomic E-state index is 0.0372. The van der Waals surface area contributed by atoms with Crippen LogP contribution in [0.15, 0.2) is 42.5 Å². The topological polar surface area (TPSA) is 38.3 Å². The first-order valence-corrected chi connectivity index (χ1v) is 10.6. The van der Waals surface area contributed by atoms with Crippen LogP contribution in [0.5, 0.6) is 0 Å². The summed E-state index contributed by atoms with van der Waals surface area (Å²) in [6, 6.07) is 8.82. The van der Waals surface area contributed by atoms with Gasteiger partial charge in [-0.1, -0.05) is 47.5 Å². The van der Waals surface area contributed by atoms with Gasteiger partial charge in [0.15, 0.2) is 0 Å². The van der Waals surface area contributed by atoms with E-state index in [-0.39, 0.29) is 21.5 Å². The van der Waals surface area contributed by atoms with Gasteiger partial charge in [0.05, 0.1) is 12.5 Å². The molecule has 0 spiro atoms. The lowest BCUT2D eigenvalue weighted by Gasteiger charge is -2.18. The van der Waals surface area contributed by atoms with Crippen LogP contribution in [-0.4, -0.2) is 31.8 Å². The van der Waals surface area contributed by atoms with Gasteiger partial charge in [-0.3, -0.25) is 4.79 Å². The molecule has 0 radical (unpaired) electrons. The fourth-order valence-electron chi connectivity index (χ4n) is 3.49. The number of allylic oxidation sites excluding steroid dienone is 1. The van der Waals surface area contributed by atoms with Crippen LogP contribution in [0.3, 0.4) is 0 Å². The van der Waals surface area contributed by atoms with E-state index in [9.17, 15) is 18.0 Å². The van der Waals surface area contributed by atoms with Crippen molar-refractivity contribution >= 4 is 35.2 Å². The Morgan fingerprint density at radius 3 is 2.52 bits per heavy atom. The molecule has 166 valence electrons. The van der Waals surface area contributed by atoms with Crippen LogP contribution in [0.25, 0.3) is 6.08 Å². The number of ether oxygens (including phenoxy) is 1. The first-order valence-electron chi connectivity index (χ1n) is 9.81. The lowest BCUT2D eigenvalue weighted by Crippen LogP contribution is -2.30. The zero-order chi connectivity index (χ0) is 22.6. The monoisotopic (exact) mass is 471 g/mol. The number of rotatable bonds is 6. The first kappa shape index (κ1) is 23.6. The van der Waals surface area contributed by atoms with Gasteiger partial charge in [0.25, 0.3) is 5.91 Å². The van der Waals surface area contributed by atoms with Crippen LogP contribution in [0.4, 0.5) is 13.2 Å². The summed E-state index contributed by atoms with van der Waals surface area (Å²) in [5, 5.41) is 3.17. The molecular weight excluding hydrogens is 450 g/mol. The molecule has 1 fully saturated rings. The molecule has 0 bridgehead atoms. The Balaban J connectivity index is 1.75. The summed E-state index contributed by atoms with van der Waals surface area (Å²) in [6.45, 7) is 3.64. The third-order valence-corrected chi connectivity index (χ3v) is 5.58. The number of nitrogens with one attached hydrogen (secondary N) is 1. The molecule has 1 amide bonds. The van der Waals surface area contributed by atoms with Gasteiger partial charge in [0.2, 0.25) is 0 Å². The Morgan fingerprint density at radius 1 is 1.23 bits per heavy atom. The summed E-state index contributed by atoms with van der Waals surface area (Å²) >= 11 is 11.8. The van der Waals surface area contributed by atoms with E-state index in [1.54, 1.807) is 25.1 Å². The molecule has 2 unspecified atom stereocenters. The predicted octanol–water partition coefficient (Wildman–Crippen LogP) is 6.43. The molecule has 1 N–H and O–H groups in total. The number of carbonyl (C=O) groups is 1. The van der Waals surface area contributed by atoms with E-state index in [1.165, 1.54) is 24.3 Å². The summed E-state index contributed by atoms with van der Waals surface area (Å²) < 4.78 is 46.2. The van der Waals surface area contributed by atoms with Crippen LogP contribution >= 0.6 is 23.2 Å². The van der Waals surface area contributed by atoms with E-state index >= 15 is 0 Å². The van der Waals surface area contributed by atoms with Crippen LogP contribution < -0.4 is 5.32 Å². The number of hydrogen-bond acceptors (Lipinski definition) is 2. The standard InChI is InChI=1S/C23H22Cl2F3NO2/c1-14-8-15(2-4-20(14)22(30)29-12-16-6-7-31-13-16)3-5-21(23(26,27)28)17-9-18(24)11-19(25)10-17/h2-5,8-11,16,21H,6-7,12-13H2,1H3,(H,29,30). The highest BCUT2D eigenvalue weighted by Crippen LogP contribution is 2.38. The van der Waals surface area contributed by atoms with Crippen LogP contribution in [0.1, 0.15) is 39.4 Å². The molecule has 2 atom stereocenters. The average molecular weight is 472 g/mol. The van der Waals surface area contributed by atoms with E-state index in [2.05, 4.69) is 5.32 Å². The number of halogens is 5. The highest BCUT2D eigenvalue weighted by Gasteiger charge is 2.39. The van der Waals surface area contributed by atoms with Crippen molar-refractivity contribution in [2.75, 3.05) is 19.8 Å². The molecule has 0 saturated carbocycles. The Labute approximate surface area is 189 Å². The van der Waals surface area contributed by atoms with Gasteiger partial charge in [-0.15, -0.1) is 0 Å². The van der Waals surface area contributed by atoms with Crippen molar-refractivity contribution < 1.29 is 22.7 Å². The molecule has 2 aromatic rings. The molecule has 3 nitrogen and oxygen atoms in total. The third kappa shape index (κ3) is 6.48. The number of amides is 1. The summed E-state index contributed by atoms with van der Waals surface area (Å²) in [5.74, 6) is -1.76. The van der Waals surface area contributed by atoms with Crippen LogP contribution in [0, 0.1) is 12.8 Å². The second-order valence-corrected chi connectivity index (χ2v) is 8.47. The van der Waals surface area contributed by atoms with Crippen molar-refractivity contribution in [2.24, 2.45) is 5.92 Å². The zero-order valence-corrected chi connectivity index (χ0v) is 18.3. The van der Waals surface area contributed by atoms with E-state index in [0.29, 0.717) is 42.4 Å². The van der Waals surface area contributed by atoms with E-state index in [0.717, 1.165) is 12.5 Å². The second kappa shape index (κ2) is 10.1. The Hall–Kier alpha value is -2.02. The van der Waals surface area contributed by atoms with Gasteiger partial charge >= 0.3 is 6.18 Å². The van der Waals surface area contributed by atoms with E-state index < -0.39 is 12.1 Å². The third-order valence-electron chi connectivity index (χ3n) is 5.15. The normalized spacial score (nSPS) is 17.8. The summed E-state index contributed by atoms with van der Waals surface area (Å²) in [5.41, 5.74) is 1.69. The Kier molecular flexibility index (Phi) is 7.68. The van der Waals surface area contributed by atoms with Crippen molar-refractivity contribution in [1.82, 2.24) is 5.32 Å². The first-order chi connectivity index (χ1) is 14.6. The number of benzene rings is 2. The lowest BCUT2D eigenvalue weighted by atomic mass is 9.96. The molecule has 1 heterocycles. The number of alkyl halides is 3. The highest BCUT2D eigenvalue weighted by molar-refractivity contribution is 6.34. The maximum absolute atomic E-state index is 13.6. The van der Waals surface area contributed by atoms with Crippen LogP contribution in [0.2, 0.25) is 10.0 Å². The molecule has 1 aliphatic heterocycles. The van der Waals surface area contributed by atoms with Crippen molar-refractivity contribution in [3.05, 3.63) is 74.8 Å². The minimum atomic E-state index is -4.51. The fourth-order valence-corrected chi connectivity index (χ4v) is 4.04. The number of hydrogen-bond donors (Lipinski definition) is 1. The van der Waals surface area contributed by atoms with E-state index in [4.69, 9.17) is 27.9 Å². The van der Waals surface area contributed by atoms with Crippen molar-refractivity contribution in [3.63, 3.8) is 0 Å². The minimum Gasteiger partial charge on any atom is -0.381 e. The zero-order valence-electron chi connectivity index (χ0n) is 16.8. The molecule has 2 aromatic carbocycles. The summed E-state index contributed by atoms with van der Waals surface area (Å²) in [7, 11) is 0. The molecule has 3 rings (SSSR count). The average Bonchev–Trinajstić information content (AvgIpc) is 3.18. The predicted molar refractivity (Wildman–Crippen MR) is 117 cm³/mol. The van der Waals surface area contributed by atoms with Gasteiger partial charge in [-0.05, 0) is 54.3 Å². The highest BCUT2D eigenvalue weighted by atomic mass is 35.5. The quantitative estimate of drug-likeness (QED) is 0.527. The van der Waals surface area contributed by atoms with Gasteiger partial charge in [-0.2, -0.15) is 13.2 Å². The SMILES string of the molecule is Cc1cc(C=CC(c2cc(Cl)cc(Cl)c2)C(F)(F)F)ccc1C(=O)NCC1CCOC1. The van der Waals surface area contributed by atoms with Gasteiger partial charge < -0.3 is 10.1 Å². The molecule has 0 aromatic heterocycles. The van der Waals surface area contributed by atoms with Crippen molar-refractivity contribution in [1.29, 1.82) is 0 Å². The molecule has 1 saturated heterocycles. The number of carbonyl (C=O) groups excluding carboxylic acids is 1. The molecular formula is C23H22Cl2F3NO2. The smallest absolute Gasteiger partial charge is 0.381 e. The van der Waals surface area contributed by atoms with Crippen molar-refractivity contribution in [3.8, 4) is 0 Å². The Morgan fingerprint density at radius 2 is 1.94 bits per heavy atom. The Bertz CT molecular complexity index is 950. The molecule has 8 heteroatoms. The summed E-state index contributed by atoms with van der Waals surface area (Å²) in [6.07, 6.45) is -1.14. The van der Waals surface area contributed by atoms with E-state index in [1.807, 2.05) is 0 Å². The fraction of sp³-hybridized carbons (Fsp3) is 0.348. The largest absolute Gasteiger partial charge is 0.399 e. The van der Waals surface area contributed by atoms with Gasteiger partial charge in [0, 0.05) is 34.7 Å². The molecule has 0 aliphatic carbocycles.